The summed E-state index contributed by atoms with van der Waals surface area (Å²) in [5.74, 6) is 1.99. The van der Waals surface area contributed by atoms with E-state index in [9.17, 15) is 13.2 Å². The lowest BCUT2D eigenvalue weighted by atomic mass is 10.1. The fraction of sp³-hybridized carbons (Fsp3) is 0.385. The van der Waals surface area contributed by atoms with Crippen LogP contribution in [0, 0.1) is 0 Å². The number of nitrogens with one attached hydrogen (secondary N) is 1. The number of nitrogens with zero attached hydrogens (tertiary/aromatic N) is 2. The molecular weight excluding hydrogens is 255 g/mol. The van der Waals surface area contributed by atoms with E-state index in [2.05, 4.69) is 15.2 Å². The maximum absolute atomic E-state index is 12.4. The molecule has 3 rings (SSSR count). The molecule has 0 aliphatic heterocycles. The summed E-state index contributed by atoms with van der Waals surface area (Å²) in [5.41, 5.74) is 0.152. The van der Waals surface area contributed by atoms with Gasteiger partial charge in [-0.15, -0.1) is 0 Å². The first-order valence-corrected chi connectivity index (χ1v) is 6.10. The highest BCUT2D eigenvalue weighted by Gasteiger charge is 2.30. The summed E-state index contributed by atoms with van der Waals surface area (Å²) in [5, 5.41) is 6.95. The second-order valence-electron chi connectivity index (χ2n) is 4.79. The van der Waals surface area contributed by atoms with E-state index >= 15 is 0 Å². The summed E-state index contributed by atoms with van der Waals surface area (Å²) in [6.45, 7) is 0. The van der Waals surface area contributed by atoms with Crippen LogP contribution in [-0.2, 0) is 12.6 Å². The second kappa shape index (κ2) is 4.36. The Kier molecular flexibility index (Phi) is 2.80. The molecule has 1 N–H and O–H groups in total. The number of H-pyrrole nitrogens is 1. The Hall–Kier alpha value is -1.85. The van der Waals surface area contributed by atoms with Crippen LogP contribution < -0.4 is 0 Å². The molecule has 1 aromatic heterocycles. The van der Waals surface area contributed by atoms with E-state index in [-0.39, 0.29) is 0 Å². The van der Waals surface area contributed by atoms with Crippen molar-refractivity contribution in [2.75, 3.05) is 0 Å². The van der Waals surface area contributed by atoms with Gasteiger partial charge in [-0.3, -0.25) is 5.10 Å². The molecule has 100 valence electrons. The predicted molar refractivity (Wildman–Crippen MR) is 62.6 cm³/mol. The Labute approximate surface area is 107 Å². The number of aromatic amines is 1. The Balaban J connectivity index is 1.71. The molecule has 1 saturated carbocycles. The van der Waals surface area contributed by atoms with Crippen LogP contribution in [0.3, 0.4) is 0 Å². The van der Waals surface area contributed by atoms with Gasteiger partial charge in [-0.05, 0) is 30.5 Å². The molecule has 0 saturated heterocycles. The van der Waals surface area contributed by atoms with Crippen LogP contribution in [0.4, 0.5) is 13.2 Å². The third-order valence-corrected chi connectivity index (χ3v) is 3.14. The first-order chi connectivity index (χ1) is 9.02. The highest BCUT2D eigenvalue weighted by molar-refractivity contribution is 5.26. The van der Waals surface area contributed by atoms with Crippen molar-refractivity contribution < 1.29 is 13.2 Å². The molecular formula is C13H12F3N3. The number of halogens is 3. The third kappa shape index (κ3) is 2.77. The highest BCUT2D eigenvalue weighted by atomic mass is 19.4. The first-order valence-electron chi connectivity index (χ1n) is 6.10. The van der Waals surface area contributed by atoms with Crippen LogP contribution in [0.1, 0.15) is 41.5 Å². The van der Waals surface area contributed by atoms with Gasteiger partial charge in [0.25, 0.3) is 0 Å². The Morgan fingerprint density at radius 1 is 1.16 bits per heavy atom. The summed E-state index contributed by atoms with van der Waals surface area (Å²) in [6, 6.07) is 5.13. The van der Waals surface area contributed by atoms with Crippen molar-refractivity contribution in [2.24, 2.45) is 0 Å². The van der Waals surface area contributed by atoms with Crippen LogP contribution in [-0.4, -0.2) is 15.2 Å². The van der Waals surface area contributed by atoms with Gasteiger partial charge in [0.05, 0.1) is 5.56 Å². The van der Waals surface area contributed by atoms with Crippen molar-refractivity contribution in [3.05, 3.63) is 47.0 Å². The van der Waals surface area contributed by atoms with E-state index in [0.29, 0.717) is 18.2 Å². The summed E-state index contributed by atoms with van der Waals surface area (Å²) in [4.78, 5) is 4.35. The molecule has 0 bridgehead atoms. The first kappa shape index (κ1) is 12.2. The van der Waals surface area contributed by atoms with Crippen LogP contribution in [0.15, 0.2) is 24.3 Å². The number of alkyl halides is 3. The van der Waals surface area contributed by atoms with Gasteiger partial charge in [0.15, 0.2) is 5.82 Å². The van der Waals surface area contributed by atoms with E-state index in [0.717, 1.165) is 36.4 Å². The van der Waals surface area contributed by atoms with E-state index < -0.39 is 11.7 Å². The van der Waals surface area contributed by atoms with Gasteiger partial charge < -0.3 is 0 Å². The molecule has 6 heteroatoms. The topological polar surface area (TPSA) is 41.6 Å². The average molecular weight is 267 g/mol. The number of hydrogen-bond donors (Lipinski definition) is 1. The standard InChI is InChI=1S/C13H12F3N3/c14-13(15,16)10-5-1-8(2-6-10)7-11-17-12(19-18-11)9-3-4-9/h1-2,5-6,9H,3-4,7H2,(H,17,18,19). The van der Waals surface area contributed by atoms with E-state index in [1.165, 1.54) is 12.1 Å². The van der Waals surface area contributed by atoms with Crippen LogP contribution >= 0.6 is 0 Å². The molecule has 1 heterocycles. The highest BCUT2D eigenvalue weighted by Crippen LogP contribution is 2.37. The smallest absolute Gasteiger partial charge is 0.263 e. The van der Waals surface area contributed by atoms with Crippen LogP contribution in [0.5, 0.6) is 0 Å². The van der Waals surface area contributed by atoms with Crippen molar-refractivity contribution in [3.8, 4) is 0 Å². The third-order valence-electron chi connectivity index (χ3n) is 3.14. The quantitative estimate of drug-likeness (QED) is 0.927. The van der Waals surface area contributed by atoms with Gasteiger partial charge in [-0.25, -0.2) is 4.98 Å². The van der Waals surface area contributed by atoms with E-state index in [1.807, 2.05) is 0 Å². The van der Waals surface area contributed by atoms with E-state index in [1.54, 1.807) is 0 Å². The maximum Gasteiger partial charge on any atom is 0.416 e. The van der Waals surface area contributed by atoms with Crippen LogP contribution in [0.2, 0.25) is 0 Å². The normalized spacial score (nSPS) is 15.7. The lowest BCUT2D eigenvalue weighted by molar-refractivity contribution is -0.137. The van der Waals surface area contributed by atoms with Crippen molar-refractivity contribution >= 4 is 0 Å². The largest absolute Gasteiger partial charge is 0.416 e. The number of hydrogen-bond acceptors (Lipinski definition) is 2. The van der Waals surface area contributed by atoms with Crippen molar-refractivity contribution in [1.29, 1.82) is 0 Å². The maximum atomic E-state index is 12.4. The summed E-state index contributed by atoms with van der Waals surface area (Å²) < 4.78 is 37.3. The minimum Gasteiger partial charge on any atom is -0.263 e. The van der Waals surface area contributed by atoms with Crippen molar-refractivity contribution in [1.82, 2.24) is 15.2 Å². The monoisotopic (exact) mass is 267 g/mol. The van der Waals surface area contributed by atoms with Gasteiger partial charge in [0.1, 0.15) is 5.82 Å². The van der Waals surface area contributed by atoms with Gasteiger partial charge in [-0.1, -0.05) is 12.1 Å². The lowest BCUT2D eigenvalue weighted by Crippen LogP contribution is -2.04. The summed E-state index contributed by atoms with van der Waals surface area (Å²) in [7, 11) is 0. The average Bonchev–Trinajstić information content (AvgIpc) is 3.10. The van der Waals surface area contributed by atoms with Gasteiger partial charge in [0.2, 0.25) is 0 Å². The molecule has 19 heavy (non-hydrogen) atoms. The molecule has 1 aromatic carbocycles. The molecule has 2 aromatic rings. The number of benzene rings is 1. The summed E-state index contributed by atoms with van der Waals surface area (Å²) in [6.07, 6.45) is -1.57. The molecule has 1 aliphatic rings. The molecule has 1 aliphatic carbocycles. The van der Waals surface area contributed by atoms with Gasteiger partial charge in [-0.2, -0.15) is 18.3 Å². The van der Waals surface area contributed by atoms with Crippen LogP contribution in [0.25, 0.3) is 0 Å². The Morgan fingerprint density at radius 2 is 1.84 bits per heavy atom. The molecule has 0 amide bonds. The fourth-order valence-electron chi connectivity index (χ4n) is 1.92. The predicted octanol–water partition coefficient (Wildman–Crippen LogP) is 3.29. The van der Waals surface area contributed by atoms with Gasteiger partial charge >= 0.3 is 6.18 Å². The molecule has 0 atom stereocenters. The molecule has 0 spiro atoms. The number of aromatic nitrogens is 3. The molecule has 1 fully saturated rings. The minimum atomic E-state index is -4.29. The van der Waals surface area contributed by atoms with Crippen molar-refractivity contribution in [2.45, 2.75) is 31.4 Å². The zero-order valence-electron chi connectivity index (χ0n) is 10.0. The Morgan fingerprint density at radius 3 is 2.42 bits per heavy atom. The zero-order chi connectivity index (χ0) is 13.5. The second-order valence-corrected chi connectivity index (χ2v) is 4.79. The zero-order valence-corrected chi connectivity index (χ0v) is 10.0. The molecule has 0 radical (unpaired) electrons. The summed E-state index contributed by atoms with van der Waals surface area (Å²) >= 11 is 0. The van der Waals surface area contributed by atoms with Gasteiger partial charge in [0, 0.05) is 12.3 Å². The SMILES string of the molecule is FC(F)(F)c1ccc(Cc2nc(C3CC3)n[nH]2)cc1. The van der Waals surface area contributed by atoms with Crippen molar-refractivity contribution in [3.63, 3.8) is 0 Å². The molecule has 0 unspecified atom stereocenters. The molecule has 3 nitrogen and oxygen atoms in total. The Bertz CT molecular complexity index is 568. The fourth-order valence-corrected chi connectivity index (χ4v) is 1.92. The number of rotatable bonds is 3. The van der Waals surface area contributed by atoms with E-state index in [4.69, 9.17) is 0 Å². The minimum absolute atomic E-state index is 0.470. The lowest BCUT2D eigenvalue weighted by Gasteiger charge is -2.06.